The molecule has 2 aromatic rings. The average Bonchev–Trinajstić information content (AvgIpc) is 3.77. The van der Waals surface area contributed by atoms with Gasteiger partial charge in [0.25, 0.3) is 0 Å². The largest absolute Gasteiger partial charge is 0.493 e. The van der Waals surface area contributed by atoms with Crippen molar-refractivity contribution in [1.82, 2.24) is 4.90 Å². The summed E-state index contributed by atoms with van der Waals surface area (Å²) in [5.74, 6) is 1.32. The van der Waals surface area contributed by atoms with Crippen LogP contribution in [0.5, 0.6) is 5.75 Å². The topological polar surface area (TPSA) is 38.8 Å². The molecule has 10 heteroatoms. The van der Waals surface area contributed by atoms with Crippen LogP contribution >= 0.6 is 0 Å². The number of benzene rings is 2. The van der Waals surface area contributed by atoms with Gasteiger partial charge in [-0.25, -0.2) is 4.79 Å². The van der Waals surface area contributed by atoms with Crippen LogP contribution in [0, 0.1) is 17.8 Å². The van der Waals surface area contributed by atoms with Gasteiger partial charge in [0.1, 0.15) is 5.75 Å². The molecule has 2 aromatic carbocycles. The number of carbonyl (C=O) groups is 1. The number of rotatable bonds is 6. The maximum Gasteiger partial charge on any atom is 0.416 e. The molecule has 1 atom stereocenters. The lowest BCUT2D eigenvalue weighted by atomic mass is 9.79. The number of piperidine rings is 1. The number of fused-ring (bicyclic) bond motifs is 1. The lowest BCUT2D eigenvalue weighted by Gasteiger charge is -2.38. The number of halogens is 6. The molecule has 0 radical (unpaired) electrons. The Kier molecular flexibility index (Phi) is 8.16. The van der Waals surface area contributed by atoms with Gasteiger partial charge in [-0.2, -0.15) is 26.3 Å². The van der Waals surface area contributed by atoms with E-state index in [-0.39, 0.29) is 29.9 Å². The van der Waals surface area contributed by atoms with E-state index >= 15 is 0 Å². The van der Waals surface area contributed by atoms with E-state index in [1.54, 1.807) is 11.8 Å². The Hall–Kier alpha value is -3.01. The van der Waals surface area contributed by atoms with Crippen LogP contribution in [0.4, 0.5) is 26.3 Å². The van der Waals surface area contributed by atoms with E-state index < -0.39 is 23.5 Å². The summed E-state index contributed by atoms with van der Waals surface area (Å²) in [4.78, 5) is 14.1. The first kappa shape index (κ1) is 29.5. The Balaban J connectivity index is 1.26. The molecule has 222 valence electrons. The zero-order valence-electron chi connectivity index (χ0n) is 23.0. The molecule has 41 heavy (non-hydrogen) atoms. The summed E-state index contributed by atoms with van der Waals surface area (Å²) in [6, 6.07) is 7.69. The van der Waals surface area contributed by atoms with E-state index in [1.807, 2.05) is 12.1 Å². The van der Waals surface area contributed by atoms with Crippen molar-refractivity contribution in [3.05, 3.63) is 69.8 Å². The van der Waals surface area contributed by atoms with Crippen LogP contribution < -0.4 is 4.74 Å². The molecular weight excluding hydrogens is 548 g/mol. The smallest absolute Gasteiger partial charge is 0.416 e. The minimum atomic E-state index is -4.73. The van der Waals surface area contributed by atoms with Crippen LogP contribution in [0.3, 0.4) is 0 Å². The molecule has 0 bridgehead atoms. The Morgan fingerprint density at radius 3 is 2.27 bits per heavy atom. The number of ether oxygens (including phenoxy) is 2. The number of nitrogens with zero attached hydrogens (tertiary/aromatic N) is 1. The Morgan fingerprint density at radius 2 is 1.66 bits per heavy atom. The third-order valence-corrected chi connectivity index (χ3v) is 8.62. The van der Waals surface area contributed by atoms with Gasteiger partial charge in [0.05, 0.1) is 24.8 Å². The molecule has 0 aromatic heterocycles. The standard InChI is InChI=1S/C31H33F6NO3/c1-18(29(39)40-2)28(20-3-4-20)21-5-8-27-22(13-21)14-24(17-41-27)19-9-11-38(12-10-19)16-23-15-25(30(32,33)34)6-7-26(23)31(35,36)37/h5-8,13,15,19-20,24H,3-4,9-12,14,16-17H2,1-2H3/b28-18+. The first-order chi connectivity index (χ1) is 19.3. The van der Waals surface area contributed by atoms with Gasteiger partial charge >= 0.3 is 18.3 Å². The molecule has 0 N–H and O–H groups in total. The third-order valence-electron chi connectivity index (χ3n) is 8.62. The van der Waals surface area contributed by atoms with Gasteiger partial charge in [0, 0.05) is 18.0 Å². The van der Waals surface area contributed by atoms with E-state index in [0.29, 0.717) is 49.4 Å². The van der Waals surface area contributed by atoms with Crippen LogP contribution in [0.15, 0.2) is 42.0 Å². The summed E-state index contributed by atoms with van der Waals surface area (Å²) in [5, 5.41) is 0. The van der Waals surface area contributed by atoms with Gasteiger partial charge in [-0.05, 0) is 117 Å². The van der Waals surface area contributed by atoms with Crippen molar-refractivity contribution in [2.45, 2.75) is 57.9 Å². The second-order valence-electron chi connectivity index (χ2n) is 11.4. The Morgan fingerprint density at radius 1 is 0.951 bits per heavy atom. The SMILES string of the molecule is COC(=O)/C(C)=C(/c1ccc2c(c1)CC(C1CCN(Cc3cc(C(F)(F)F)ccc3C(F)(F)F)CC1)CO2)C1CC1. The first-order valence-electron chi connectivity index (χ1n) is 13.9. The van der Waals surface area contributed by atoms with Gasteiger partial charge in [-0.1, -0.05) is 6.07 Å². The highest BCUT2D eigenvalue weighted by Crippen LogP contribution is 2.45. The summed E-state index contributed by atoms with van der Waals surface area (Å²) < 4.78 is 91.3. The van der Waals surface area contributed by atoms with E-state index in [1.165, 1.54) is 7.11 Å². The van der Waals surface area contributed by atoms with E-state index in [4.69, 9.17) is 9.47 Å². The third kappa shape index (κ3) is 6.58. The predicted octanol–water partition coefficient (Wildman–Crippen LogP) is 7.54. The van der Waals surface area contributed by atoms with Crippen LogP contribution in [0.2, 0.25) is 0 Å². The van der Waals surface area contributed by atoms with Crippen molar-refractivity contribution in [3.8, 4) is 5.75 Å². The second-order valence-corrected chi connectivity index (χ2v) is 11.4. The normalized spacial score (nSPS) is 21.1. The maximum absolute atomic E-state index is 13.5. The number of carbonyl (C=O) groups excluding carboxylic acids is 1. The predicted molar refractivity (Wildman–Crippen MR) is 141 cm³/mol. The number of methoxy groups -OCH3 is 1. The molecule has 1 saturated carbocycles. The Labute approximate surface area is 235 Å². The number of allylic oxidation sites excluding steroid dienone is 1. The summed E-state index contributed by atoms with van der Waals surface area (Å²) >= 11 is 0. The molecule has 3 aliphatic rings. The minimum Gasteiger partial charge on any atom is -0.493 e. The van der Waals surface area contributed by atoms with Gasteiger partial charge in [-0.15, -0.1) is 0 Å². The van der Waals surface area contributed by atoms with Crippen LogP contribution in [-0.4, -0.2) is 37.7 Å². The molecule has 2 aliphatic heterocycles. The van der Waals surface area contributed by atoms with E-state index in [2.05, 4.69) is 6.07 Å². The lowest BCUT2D eigenvalue weighted by molar-refractivity contribution is -0.142. The van der Waals surface area contributed by atoms with Crippen molar-refractivity contribution in [3.63, 3.8) is 0 Å². The highest BCUT2D eigenvalue weighted by Gasteiger charge is 2.38. The summed E-state index contributed by atoms with van der Waals surface area (Å²) in [6.45, 7) is 3.14. The summed E-state index contributed by atoms with van der Waals surface area (Å²) in [7, 11) is 1.38. The van der Waals surface area contributed by atoms with Crippen molar-refractivity contribution in [2.24, 2.45) is 17.8 Å². The second kappa shape index (κ2) is 11.3. The van der Waals surface area contributed by atoms with Crippen molar-refractivity contribution >= 4 is 11.5 Å². The Bertz CT molecular complexity index is 1320. The molecule has 2 heterocycles. The summed E-state index contributed by atoms with van der Waals surface area (Å²) in [5.41, 5.74) is 1.24. The number of hydrogen-bond acceptors (Lipinski definition) is 4. The first-order valence-corrected chi connectivity index (χ1v) is 13.9. The zero-order valence-corrected chi connectivity index (χ0v) is 23.0. The molecular formula is C31H33F6NO3. The quantitative estimate of drug-likeness (QED) is 0.201. The lowest BCUT2D eigenvalue weighted by Crippen LogP contribution is -2.39. The average molecular weight is 582 g/mol. The molecule has 1 unspecified atom stereocenters. The van der Waals surface area contributed by atoms with Gasteiger partial charge in [-0.3, -0.25) is 4.90 Å². The van der Waals surface area contributed by atoms with Crippen LogP contribution in [-0.2, 0) is 34.8 Å². The molecule has 4 nitrogen and oxygen atoms in total. The molecule has 1 aliphatic carbocycles. The molecule has 0 spiro atoms. The highest BCUT2D eigenvalue weighted by molar-refractivity contribution is 5.98. The summed E-state index contributed by atoms with van der Waals surface area (Å²) in [6.07, 6.45) is -5.15. The zero-order chi connectivity index (χ0) is 29.5. The van der Waals surface area contributed by atoms with Crippen molar-refractivity contribution in [1.29, 1.82) is 0 Å². The van der Waals surface area contributed by atoms with Gasteiger partial charge < -0.3 is 9.47 Å². The number of esters is 1. The fourth-order valence-electron chi connectivity index (χ4n) is 6.28. The monoisotopic (exact) mass is 581 g/mol. The van der Waals surface area contributed by atoms with Crippen LogP contribution in [0.1, 0.15) is 60.4 Å². The van der Waals surface area contributed by atoms with Crippen molar-refractivity contribution < 1.29 is 40.6 Å². The van der Waals surface area contributed by atoms with Gasteiger partial charge in [0.15, 0.2) is 0 Å². The minimum absolute atomic E-state index is 0.186. The molecule has 2 fully saturated rings. The van der Waals surface area contributed by atoms with Crippen molar-refractivity contribution in [2.75, 3.05) is 26.8 Å². The number of alkyl halides is 6. The fourth-order valence-corrected chi connectivity index (χ4v) is 6.28. The molecule has 0 amide bonds. The number of hydrogen-bond donors (Lipinski definition) is 0. The van der Waals surface area contributed by atoms with E-state index in [9.17, 15) is 31.1 Å². The molecule has 1 saturated heterocycles. The van der Waals surface area contributed by atoms with E-state index in [0.717, 1.165) is 54.6 Å². The maximum atomic E-state index is 13.5. The van der Waals surface area contributed by atoms with Crippen LogP contribution in [0.25, 0.3) is 5.57 Å². The highest BCUT2D eigenvalue weighted by atomic mass is 19.4. The molecule has 5 rings (SSSR count). The number of likely N-dealkylation sites (tertiary alicyclic amines) is 1. The fraction of sp³-hybridized carbons (Fsp3) is 0.516. The van der Waals surface area contributed by atoms with Gasteiger partial charge in [0.2, 0.25) is 0 Å².